The number of likely N-dealkylation sites (tertiary alicyclic amines) is 1. The highest BCUT2D eigenvalue weighted by atomic mass is 16.2. The fourth-order valence-corrected chi connectivity index (χ4v) is 3.16. The average molecular weight is 307 g/mol. The second-order valence-electron chi connectivity index (χ2n) is 6.24. The second-order valence-corrected chi connectivity index (χ2v) is 6.24. The summed E-state index contributed by atoms with van der Waals surface area (Å²) in [6.45, 7) is 3.71. The lowest BCUT2D eigenvalue weighted by atomic mass is 9.95. The van der Waals surface area contributed by atoms with Crippen LogP contribution in [-0.2, 0) is 0 Å². The monoisotopic (exact) mass is 307 g/mol. The summed E-state index contributed by atoms with van der Waals surface area (Å²) in [5, 5.41) is 0. The van der Waals surface area contributed by atoms with Gasteiger partial charge in [-0.25, -0.2) is 0 Å². The molecule has 2 aromatic carbocycles. The lowest BCUT2D eigenvalue weighted by Crippen LogP contribution is -2.39. The highest BCUT2D eigenvalue weighted by Crippen LogP contribution is 2.21. The topological polar surface area (TPSA) is 37.4 Å². The molecule has 0 bridgehead atoms. The minimum Gasteiger partial charge on any atom is -0.338 e. The van der Waals surface area contributed by atoms with E-state index in [4.69, 9.17) is 0 Å². The standard InChI is InChI=1S/C20H21NO2/c1-15-8-7-13-21(14-15)20(23)18-12-6-5-11-17(18)19(22)16-9-3-2-4-10-16/h2-6,9-12,15H,7-8,13-14H2,1H3/t15-/m0/s1. The van der Waals surface area contributed by atoms with Crippen molar-refractivity contribution in [1.29, 1.82) is 0 Å². The Labute approximate surface area is 136 Å². The van der Waals surface area contributed by atoms with Crippen molar-refractivity contribution in [3.05, 3.63) is 71.3 Å². The van der Waals surface area contributed by atoms with E-state index in [1.165, 1.54) is 0 Å². The van der Waals surface area contributed by atoms with Crippen LogP contribution in [0.2, 0.25) is 0 Å². The van der Waals surface area contributed by atoms with E-state index in [9.17, 15) is 9.59 Å². The van der Waals surface area contributed by atoms with Crippen molar-refractivity contribution in [3.8, 4) is 0 Å². The van der Waals surface area contributed by atoms with Gasteiger partial charge in [-0.3, -0.25) is 9.59 Å². The number of nitrogens with zero attached hydrogens (tertiary/aromatic N) is 1. The summed E-state index contributed by atoms with van der Waals surface area (Å²) in [7, 11) is 0. The minimum absolute atomic E-state index is 0.0311. The van der Waals surface area contributed by atoms with Gasteiger partial charge in [-0.05, 0) is 24.8 Å². The van der Waals surface area contributed by atoms with Crippen LogP contribution in [-0.4, -0.2) is 29.7 Å². The number of hydrogen-bond acceptors (Lipinski definition) is 2. The van der Waals surface area contributed by atoms with Gasteiger partial charge in [0, 0.05) is 24.2 Å². The summed E-state index contributed by atoms with van der Waals surface area (Å²) in [6, 6.07) is 16.3. The number of amides is 1. The van der Waals surface area contributed by atoms with Crippen LogP contribution in [0.5, 0.6) is 0 Å². The molecule has 23 heavy (non-hydrogen) atoms. The average Bonchev–Trinajstić information content (AvgIpc) is 2.61. The molecule has 3 nitrogen and oxygen atoms in total. The van der Waals surface area contributed by atoms with Crippen molar-refractivity contribution in [2.45, 2.75) is 19.8 Å². The Kier molecular flexibility index (Phi) is 4.56. The fraction of sp³-hybridized carbons (Fsp3) is 0.300. The van der Waals surface area contributed by atoms with Crippen molar-refractivity contribution in [1.82, 2.24) is 4.90 Å². The number of carbonyl (C=O) groups is 2. The fourth-order valence-electron chi connectivity index (χ4n) is 3.16. The number of carbonyl (C=O) groups excluding carboxylic acids is 2. The molecule has 1 saturated heterocycles. The van der Waals surface area contributed by atoms with Gasteiger partial charge in [0.15, 0.2) is 5.78 Å². The van der Waals surface area contributed by atoms with Crippen LogP contribution >= 0.6 is 0 Å². The summed E-state index contributed by atoms with van der Waals surface area (Å²) in [5.41, 5.74) is 1.61. The lowest BCUT2D eigenvalue weighted by Gasteiger charge is -2.31. The molecule has 1 aliphatic rings. The number of benzene rings is 2. The number of rotatable bonds is 3. The molecule has 1 fully saturated rings. The van der Waals surface area contributed by atoms with E-state index >= 15 is 0 Å². The number of hydrogen-bond donors (Lipinski definition) is 0. The Morgan fingerprint density at radius 1 is 0.957 bits per heavy atom. The first-order valence-electron chi connectivity index (χ1n) is 8.15. The summed E-state index contributed by atoms with van der Waals surface area (Å²) >= 11 is 0. The van der Waals surface area contributed by atoms with Crippen LogP contribution in [0.1, 0.15) is 46.0 Å². The van der Waals surface area contributed by atoms with E-state index in [0.717, 1.165) is 25.9 Å². The Bertz CT molecular complexity index is 709. The van der Waals surface area contributed by atoms with Crippen LogP contribution in [0.15, 0.2) is 54.6 Å². The smallest absolute Gasteiger partial charge is 0.254 e. The third-order valence-corrected chi connectivity index (χ3v) is 4.38. The van der Waals surface area contributed by atoms with Crippen molar-refractivity contribution < 1.29 is 9.59 Å². The minimum atomic E-state index is -0.0976. The predicted molar refractivity (Wildman–Crippen MR) is 90.6 cm³/mol. The van der Waals surface area contributed by atoms with Gasteiger partial charge in [-0.2, -0.15) is 0 Å². The highest BCUT2D eigenvalue weighted by Gasteiger charge is 2.25. The quantitative estimate of drug-likeness (QED) is 0.809. The van der Waals surface area contributed by atoms with Crippen molar-refractivity contribution in [3.63, 3.8) is 0 Å². The van der Waals surface area contributed by atoms with Crippen LogP contribution in [0, 0.1) is 5.92 Å². The molecule has 0 N–H and O–H groups in total. The molecule has 2 aromatic rings. The van der Waals surface area contributed by atoms with Gasteiger partial charge in [0.2, 0.25) is 0 Å². The molecular formula is C20H21NO2. The molecule has 0 aromatic heterocycles. The molecule has 0 saturated carbocycles. The Balaban J connectivity index is 1.92. The van der Waals surface area contributed by atoms with Crippen molar-refractivity contribution in [2.24, 2.45) is 5.92 Å². The Morgan fingerprint density at radius 2 is 1.61 bits per heavy atom. The maximum Gasteiger partial charge on any atom is 0.254 e. The number of piperidine rings is 1. The summed E-state index contributed by atoms with van der Waals surface area (Å²) in [5.74, 6) is 0.390. The Morgan fingerprint density at radius 3 is 2.30 bits per heavy atom. The largest absolute Gasteiger partial charge is 0.338 e. The zero-order valence-corrected chi connectivity index (χ0v) is 13.4. The molecule has 1 amide bonds. The molecule has 0 unspecified atom stereocenters. The van der Waals surface area contributed by atoms with Crippen molar-refractivity contribution >= 4 is 11.7 Å². The number of ketones is 1. The van der Waals surface area contributed by atoms with E-state index < -0.39 is 0 Å². The first kappa shape index (κ1) is 15.5. The van der Waals surface area contributed by atoms with Gasteiger partial charge < -0.3 is 4.90 Å². The Hall–Kier alpha value is -2.42. The molecule has 1 atom stereocenters. The van der Waals surface area contributed by atoms with Gasteiger partial charge in [-0.1, -0.05) is 55.5 Å². The molecular weight excluding hydrogens is 286 g/mol. The van der Waals surface area contributed by atoms with Crippen LogP contribution in [0.3, 0.4) is 0 Å². The van der Waals surface area contributed by atoms with E-state index in [0.29, 0.717) is 22.6 Å². The van der Waals surface area contributed by atoms with E-state index in [2.05, 4.69) is 6.92 Å². The summed E-state index contributed by atoms with van der Waals surface area (Å²) in [6.07, 6.45) is 2.19. The van der Waals surface area contributed by atoms with Crippen LogP contribution < -0.4 is 0 Å². The lowest BCUT2D eigenvalue weighted by molar-refractivity contribution is 0.0679. The normalized spacial score (nSPS) is 17.8. The van der Waals surface area contributed by atoms with Gasteiger partial charge in [0.1, 0.15) is 0 Å². The summed E-state index contributed by atoms with van der Waals surface area (Å²) < 4.78 is 0. The van der Waals surface area contributed by atoms with E-state index in [1.807, 2.05) is 35.2 Å². The molecule has 3 heteroatoms. The first-order valence-corrected chi connectivity index (χ1v) is 8.15. The van der Waals surface area contributed by atoms with Crippen molar-refractivity contribution in [2.75, 3.05) is 13.1 Å². The van der Waals surface area contributed by atoms with Gasteiger partial charge in [-0.15, -0.1) is 0 Å². The van der Waals surface area contributed by atoms with Gasteiger partial charge in [0.25, 0.3) is 5.91 Å². The third kappa shape index (κ3) is 3.34. The second kappa shape index (κ2) is 6.78. The first-order chi connectivity index (χ1) is 11.2. The predicted octanol–water partition coefficient (Wildman–Crippen LogP) is 3.79. The maximum atomic E-state index is 12.9. The molecule has 0 radical (unpaired) electrons. The maximum absolute atomic E-state index is 12.9. The SMILES string of the molecule is C[C@H]1CCCN(C(=O)c2ccccc2C(=O)c2ccccc2)C1. The van der Waals surface area contributed by atoms with E-state index in [-0.39, 0.29) is 11.7 Å². The van der Waals surface area contributed by atoms with E-state index in [1.54, 1.807) is 24.3 Å². The molecule has 0 spiro atoms. The molecule has 1 heterocycles. The highest BCUT2D eigenvalue weighted by molar-refractivity contribution is 6.15. The van der Waals surface area contributed by atoms with Crippen LogP contribution in [0.4, 0.5) is 0 Å². The molecule has 0 aliphatic carbocycles. The molecule has 1 aliphatic heterocycles. The molecule has 118 valence electrons. The van der Waals surface area contributed by atoms with Gasteiger partial charge in [0.05, 0.1) is 5.56 Å². The third-order valence-electron chi connectivity index (χ3n) is 4.38. The van der Waals surface area contributed by atoms with Crippen LogP contribution in [0.25, 0.3) is 0 Å². The molecule has 3 rings (SSSR count). The van der Waals surface area contributed by atoms with Gasteiger partial charge >= 0.3 is 0 Å². The zero-order valence-electron chi connectivity index (χ0n) is 13.4. The summed E-state index contributed by atoms with van der Waals surface area (Å²) in [4.78, 5) is 27.5. The zero-order chi connectivity index (χ0) is 16.2.